The Labute approximate surface area is 158 Å². The number of aryl methyl sites for hydroxylation is 2. The Morgan fingerprint density at radius 2 is 1.63 bits per heavy atom. The van der Waals surface area contributed by atoms with E-state index in [1.54, 1.807) is 36.4 Å². The van der Waals surface area contributed by atoms with Crippen molar-refractivity contribution in [2.45, 2.75) is 27.4 Å². The molecule has 0 aliphatic heterocycles. The summed E-state index contributed by atoms with van der Waals surface area (Å²) in [5, 5.41) is 2.74. The van der Waals surface area contributed by atoms with Crippen LogP contribution in [0.15, 0.2) is 59.0 Å². The number of benzene rings is 2. The number of ether oxygens (including phenoxy) is 1. The van der Waals surface area contributed by atoms with Gasteiger partial charge in [-0.05, 0) is 68.3 Å². The second-order valence-electron chi connectivity index (χ2n) is 6.36. The SMILES string of the molecule is CC(=O)c1ccc(NC(=O)c2ccc(COc3c(C)cccc3C)o2)cc1. The van der Waals surface area contributed by atoms with E-state index in [9.17, 15) is 9.59 Å². The minimum absolute atomic E-state index is 0.0209. The number of anilines is 1. The maximum Gasteiger partial charge on any atom is 0.291 e. The van der Waals surface area contributed by atoms with Gasteiger partial charge in [0.05, 0.1) is 0 Å². The average Bonchev–Trinajstić information content (AvgIpc) is 3.11. The van der Waals surface area contributed by atoms with Gasteiger partial charge in [0.25, 0.3) is 5.91 Å². The van der Waals surface area contributed by atoms with E-state index in [1.165, 1.54) is 6.92 Å². The molecule has 1 N–H and O–H groups in total. The van der Waals surface area contributed by atoms with Crippen LogP contribution in [0.5, 0.6) is 5.75 Å². The van der Waals surface area contributed by atoms with E-state index in [0.717, 1.165) is 16.9 Å². The fraction of sp³-hybridized carbons (Fsp3) is 0.182. The molecule has 0 saturated carbocycles. The first-order valence-electron chi connectivity index (χ1n) is 8.64. The molecule has 0 saturated heterocycles. The number of Topliss-reactive ketones (excluding diaryl/α,β-unsaturated/α-hetero) is 1. The molecule has 0 atom stereocenters. The third-order valence-electron chi connectivity index (χ3n) is 4.20. The third kappa shape index (κ3) is 4.44. The fourth-order valence-electron chi connectivity index (χ4n) is 2.73. The number of carbonyl (C=O) groups excluding carboxylic acids is 2. The molecule has 1 aromatic heterocycles. The fourth-order valence-corrected chi connectivity index (χ4v) is 2.73. The lowest BCUT2D eigenvalue weighted by Gasteiger charge is -2.10. The number of amides is 1. The van der Waals surface area contributed by atoms with Gasteiger partial charge in [-0.3, -0.25) is 9.59 Å². The number of ketones is 1. The predicted molar refractivity (Wildman–Crippen MR) is 103 cm³/mol. The first-order valence-corrected chi connectivity index (χ1v) is 8.64. The van der Waals surface area contributed by atoms with Gasteiger partial charge in [-0.2, -0.15) is 0 Å². The summed E-state index contributed by atoms with van der Waals surface area (Å²) in [6.07, 6.45) is 0. The van der Waals surface area contributed by atoms with Crippen LogP contribution in [-0.2, 0) is 6.61 Å². The van der Waals surface area contributed by atoms with Gasteiger partial charge in [0.2, 0.25) is 0 Å². The van der Waals surface area contributed by atoms with E-state index >= 15 is 0 Å². The van der Waals surface area contributed by atoms with Crippen molar-refractivity contribution < 1.29 is 18.7 Å². The second kappa shape index (κ2) is 7.91. The molecule has 1 amide bonds. The van der Waals surface area contributed by atoms with Crippen LogP contribution in [0, 0.1) is 13.8 Å². The summed E-state index contributed by atoms with van der Waals surface area (Å²) in [4.78, 5) is 23.6. The first-order chi connectivity index (χ1) is 12.9. The summed E-state index contributed by atoms with van der Waals surface area (Å²) in [5.41, 5.74) is 3.29. The maximum atomic E-state index is 12.3. The van der Waals surface area contributed by atoms with Crippen LogP contribution in [0.3, 0.4) is 0 Å². The Morgan fingerprint density at radius 1 is 0.963 bits per heavy atom. The minimum atomic E-state index is -0.358. The molecule has 3 aromatic rings. The van der Waals surface area contributed by atoms with Crippen molar-refractivity contribution in [2.24, 2.45) is 0 Å². The van der Waals surface area contributed by atoms with Crippen LogP contribution in [0.4, 0.5) is 5.69 Å². The first kappa shape index (κ1) is 18.5. The van der Waals surface area contributed by atoms with E-state index in [2.05, 4.69) is 5.32 Å². The lowest BCUT2D eigenvalue weighted by molar-refractivity contribution is 0.0990. The highest BCUT2D eigenvalue weighted by Crippen LogP contribution is 2.24. The van der Waals surface area contributed by atoms with E-state index in [-0.39, 0.29) is 24.1 Å². The van der Waals surface area contributed by atoms with Crippen LogP contribution in [0.25, 0.3) is 0 Å². The van der Waals surface area contributed by atoms with E-state index in [1.807, 2.05) is 32.0 Å². The summed E-state index contributed by atoms with van der Waals surface area (Å²) in [6, 6.07) is 16.0. The summed E-state index contributed by atoms with van der Waals surface area (Å²) >= 11 is 0. The van der Waals surface area contributed by atoms with Crippen LogP contribution < -0.4 is 10.1 Å². The molecule has 0 aliphatic carbocycles. The largest absolute Gasteiger partial charge is 0.485 e. The summed E-state index contributed by atoms with van der Waals surface area (Å²) < 4.78 is 11.4. The zero-order valence-electron chi connectivity index (χ0n) is 15.5. The third-order valence-corrected chi connectivity index (χ3v) is 4.20. The van der Waals surface area contributed by atoms with Crippen molar-refractivity contribution in [3.63, 3.8) is 0 Å². The molecule has 2 aromatic carbocycles. The highest BCUT2D eigenvalue weighted by molar-refractivity contribution is 6.02. The molecular formula is C22H21NO4. The number of hydrogen-bond donors (Lipinski definition) is 1. The van der Waals surface area contributed by atoms with Crippen LogP contribution in [-0.4, -0.2) is 11.7 Å². The van der Waals surface area contributed by atoms with Crippen molar-refractivity contribution in [1.82, 2.24) is 0 Å². The zero-order chi connectivity index (χ0) is 19.4. The van der Waals surface area contributed by atoms with Crippen LogP contribution >= 0.6 is 0 Å². The Morgan fingerprint density at radius 3 is 2.26 bits per heavy atom. The highest BCUT2D eigenvalue weighted by atomic mass is 16.5. The van der Waals surface area contributed by atoms with E-state index < -0.39 is 0 Å². The number of hydrogen-bond acceptors (Lipinski definition) is 4. The molecule has 138 valence electrons. The summed E-state index contributed by atoms with van der Waals surface area (Å²) in [7, 11) is 0. The Hall–Kier alpha value is -3.34. The molecule has 5 nitrogen and oxygen atoms in total. The molecule has 0 unspecified atom stereocenters. The number of carbonyl (C=O) groups is 2. The number of nitrogens with one attached hydrogen (secondary N) is 1. The van der Waals surface area contributed by atoms with Gasteiger partial charge in [-0.1, -0.05) is 18.2 Å². The molecule has 27 heavy (non-hydrogen) atoms. The van der Waals surface area contributed by atoms with Crippen molar-refractivity contribution in [1.29, 1.82) is 0 Å². The lowest BCUT2D eigenvalue weighted by Crippen LogP contribution is -2.11. The van der Waals surface area contributed by atoms with E-state index in [4.69, 9.17) is 9.15 Å². The molecule has 5 heteroatoms. The smallest absolute Gasteiger partial charge is 0.291 e. The molecular weight excluding hydrogens is 342 g/mol. The highest BCUT2D eigenvalue weighted by Gasteiger charge is 2.13. The van der Waals surface area contributed by atoms with Gasteiger partial charge in [-0.25, -0.2) is 0 Å². The molecule has 3 rings (SSSR count). The molecule has 0 aliphatic rings. The van der Waals surface area contributed by atoms with Gasteiger partial charge < -0.3 is 14.5 Å². The molecule has 0 radical (unpaired) electrons. The Kier molecular flexibility index (Phi) is 5.41. The van der Waals surface area contributed by atoms with Gasteiger partial charge in [0.1, 0.15) is 18.1 Å². The maximum absolute atomic E-state index is 12.3. The van der Waals surface area contributed by atoms with Crippen molar-refractivity contribution >= 4 is 17.4 Å². The van der Waals surface area contributed by atoms with Gasteiger partial charge in [0.15, 0.2) is 11.5 Å². The second-order valence-corrected chi connectivity index (χ2v) is 6.36. The van der Waals surface area contributed by atoms with Gasteiger partial charge in [0, 0.05) is 11.3 Å². The quantitative estimate of drug-likeness (QED) is 0.631. The summed E-state index contributed by atoms with van der Waals surface area (Å²) in [5.74, 6) is 1.21. The van der Waals surface area contributed by atoms with Crippen LogP contribution in [0.2, 0.25) is 0 Å². The van der Waals surface area contributed by atoms with Crippen molar-refractivity contribution in [3.8, 4) is 5.75 Å². The number of furan rings is 1. The monoisotopic (exact) mass is 363 g/mol. The average molecular weight is 363 g/mol. The Balaban J connectivity index is 1.63. The van der Waals surface area contributed by atoms with Gasteiger partial charge in [-0.15, -0.1) is 0 Å². The van der Waals surface area contributed by atoms with Gasteiger partial charge >= 0.3 is 0 Å². The topological polar surface area (TPSA) is 68.5 Å². The van der Waals surface area contributed by atoms with Crippen molar-refractivity contribution in [2.75, 3.05) is 5.32 Å². The normalized spacial score (nSPS) is 10.5. The number of para-hydroxylation sites is 1. The molecule has 0 fully saturated rings. The molecule has 0 spiro atoms. The molecule has 0 bridgehead atoms. The molecule has 1 heterocycles. The minimum Gasteiger partial charge on any atom is -0.485 e. The summed E-state index contributed by atoms with van der Waals surface area (Å²) in [6.45, 7) is 5.71. The van der Waals surface area contributed by atoms with Crippen LogP contribution in [0.1, 0.15) is 44.7 Å². The zero-order valence-corrected chi connectivity index (χ0v) is 15.5. The Bertz CT molecular complexity index is 950. The standard InChI is InChI=1S/C22H21NO4/c1-14-5-4-6-15(2)21(14)26-13-19-11-12-20(27-19)22(25)23-18-9-7-17(8-10-18)16(3)24/h4-12H,13H2,1-3H3,(H,23,25). The predicted octanol–water partition coefficient (Wildman–Crippen LogP) is 4.93. The lowest BCUT2D eigenvalue weighted by atomic mass is 10.1. The van der Waals surface area contributed by atoms with E-state index in [0.29, 0.717) is 17.0 Å². The van der Waals surface area contributed by atoms with Crippen molar-refractivity contribution in [3.05, 3.63) is 82.8 Å². The number of rotatable bonds is 6.